The molecule has 18 heavy (non-hydrogen) atoms. The number of benzene rings is 1. The van der Waals surface area contributed by atoms with Crippen LogP contribution in [0.2, 0.25) is 0 Å². The molecule has 0 bridgehead atoms. The van der Waals surface area contributed by atoms with Crippen molar-refractivity contribution >= 4 is 12.0 Å². The van der Waals surface area contributed by atoms with Crippen LogP contribution in [0.25, 0.3) is 0 Å². The first-order valence-corrected chi connectivity index (χ1v) is 6.82. The minimum absolute atomic E-state index is 0.488. The zero-order valence-electron chi connectivity index (χ0n) is 10.7. The van der Waals surface area contributed by atoms with E-state index in [0.717, 1.165) is 38.0 Å². The van der Waals surface area contributed by atoms with Gasteiger partial charge in [0, 0.05) is 36.3 Å². The predicted molar refractivity (Wildman–Crippen MR) is 73.2 cm³/mol. The first kappa shape index (κ1) is 11.7. The highest BCUT2D eigenvalue weighted by molar-refractivity contribution is 5.75. The van der Waals surface area contributed by atoms with Crippen LogP contribution < -0.4 is 10.2 Å². The molecular weight excluding hydrogens is 224 g/mol. The molecule has 0 radical (unpaired) electrons. The highest BCUT2D eigenvalue weighted by Crippen LogP contribution is 2.37. The Morgan fingerprint density at radius 1 is 1.22 bits per heavy atom. The quantitative estimate of drug-likeness (QED) is 0.808. The molecule has 96 valence electrons. The summed E-state index contributed by atoms with van der Waals surface area (Å²) in [5.41, 5.74) is 2.50. The number of hydrogen-bond donors (Lipinski definition) is 1. The largest absolute Gasteiger partial charge is 0.371 e. The van der Waals surface area contributed by atoms with E-state index in [9.17, 15) is 4.79 Å². The summed E-state index contributed by atoms with van der Waals surface area (Å²) < 4.78 is 0. The molecule has 2 fully saturated rings. The lowest BCUT2D eigenvalue weighted by atomic mass is 9.79. The third kappa shape index (κ3) is 2.15. The predicted octanol–water partition coefficient (Wildman–Crippen LogP) is 2.08. The van der Waals surface area contributed by atoms with Gasteiger partial charge in [-0.2, -0.15) is 0 Å². The van der Waals surface area contributed by atoms with Crippen LogP contribution >= 0.6 is 0 Å². The van der Waals surface area contributed by atoms with Gasteiger partial charge in [0.1, 0.15) is 6.29 Å². The van der Waals surface area contributed by atoms with Gasteiger partial charge in [0.15, 0.2) is 0 Å². The number of rotatable bonds is 2. The number of aldehydes is 1. The van der Waals surface area contributed by atoms with Gasteiger partial charge in [-0.3, -0.25) is 4.79 Å². The molecule has 2 saturated heterocycles. The molecule has 1 N–H and O–H groups in total. The van der Waals surface area contributed by atoms with Gasteiger partial charge >= 0.3 is 0 Å². The molecule has 3 nitrogen and oxygen atoms in total. The molecule has 1 aromatic carbocycles. The molecule has 0 aromatic heterocycles. The van der Waals surface area contributed by atoms with Gasteiger partial charge in [0.25, 0.3) is 0 Å². The van der Waals surface area contributed by atoms with E-state index in [2.05, 4.69) is 22.3 Å². The zero-order valence-corrected chi connectivity index (χ0v) is 10.7. The molecule has 1 spiro atoms. The Hall–Kier alpha value is -1.35. The van der Waals surface area contributed by atoms with Gasteiger partial charge in [0.2, 0.25) is 0 Å². The second kappa shape index (κ2) is 4.73. The number of piperidine rings is 1. The van der Waals surface area contributed by atoms with Gasteiger partial charge in [-0.25, -0.2) is 0 Å². The van der Waals surface area contributed by atoms with Crippen molar-refractivity contribution in [3.63, 3.8) is 0 Å². The molecule has 1 atom stereocenters. The summed E-state index contributed by atoms with van der Waals surface area (Å²) >= 11 is 0. The van der Waals surface area contributed by atoms with Gasteiger partial charge < -0.3 is 10.2 Å². The molecule has 2 aliphatic rings. The van der Waals surface area contributed by atoms with Crippen molar-refractivity contribution in [1.82, 2.24) is 5.32 Å². The molecule has 0 aliphatic carbocycles. The highest BCUT2D eigenvalue weighted by atomic mass is 16.1. The topological polar surface area (TPSA) is 32.3 Å². The van der Waals surface area contributed by atoms with Gasteiger partial charge in [-0.1, -0.05) is 0 Å². The Balaban J connectivity index is 1.76. The maximum absolute atomic E-state index is 10.7. The van der Waals surface area contributed by atoms with Gasteiger partial charge in [-0.05, 0) is 50.1 Å². The third-order valence-corrected chi connectivity index (χ3v) is 4.39. The van der Waals surface area contributed by atoms with E-state index >= 15 is 0 Å². The molecule has 1 unspecified atom stereocenters. The summed E-state index contributed by atoms with van der Waals surface area (Å²) in [6.07, 6.45) is 4.83. The average molecular weight is 244 g/mol. The molecule has 1 aromatic rings. The molecular formula is C15H20N2O. The molecule has 0 saturated carbocycles. The maximum Gasteiger partial charge on any atom is 0.150 e. The normalized spacial score (nSPS) is 27.7. The average Bonchev–Trinajstić information content (AvgIpc) is 2.87. The van der Waals surface area contributed by atoms with E-state index in [1.54, 1.807) is 0 Å². The van der Waals surface area contributed by atoms with Crippen molar-refractivity contribution in [3.05, 3.63) is 29.8 Å². The van der Waals surface area contributed by atoms with Crippen LogP contribution in [-0.2, 0) is 0 Å². The first-order valence-electron chi connectivity index (χ1n) is 6.82. The first-order chi connectivity index (χ1) is 8.81. The lowest BCUT2D eigenvalue weighted by molar-refractivity contribution is 0.112. The fourth-order valence-electron chi connectivity index (χ4n) is 3.34. The molecule has 2 aliphatic heterocycles. The summed E-state index contributed by atoms with van der Waals surface area (Å²) in [7, 11) is 0. The van der Waals surface area contributed by atoms with E-state index in [1.807, 2.05) is 12.1 Å². The summed E-state index contributed by atoms with van der Waals surface area (Å²) in [5, 5.41) is 3.50. The lowest BCUT2D eigenvalue weighted by Gasteiger charge is -2.41. The number of carbonyl (C=O) groups is 1. The van der Waals surface area contributed by atoms with Gasteiger partial charge in [0.05, 0.1) is 0 Å². The number of nitrogens with one attached hydrogen (secondary N) is 1. The molecule has 3 heteroatoms. The van der Waals surface area contributed by atoms with Crippen LogP contribution in [0.3, 0.4) is 0 Å². The smallest absolute Gasteiger partial charge is 0.150 e. The minimum atomic E-state index is 0.488. The number of nitrogens with zero attached hydrogens (tertiary/aromatic N) is 1. The van der Waals surface area contributed by atoms with Crippen LogP contribution in [0.15, 0.2) is 24.3 Å². The zero-order chi connectivity index (χ0) is 12.4. The summed E-state index contributed by atoms with van der Waals surface area (Å²) in [4.78, 5) is 13.2. The van der Waals surface area contributed by atoms with Crippen LogP contribution in [-0.4, -0.2) is 32.5 Å². The summed E-state index contributed by atoms with van der Waals surface area (Å²) in [6.45, 7) is 4.62. The van der Waals surface area contributed by atoms with Crippen LogP contribution in [0.5, 0.6) is 0 Å². The summed E-state index contributed by atoms with van der Waals surface area (Å²) in [5.74, 6) is 0. The number of hydrogen-bond acceptors (Lipinski definition) is 3. The third-order valence-electron chi connectivity index (χ3n) is 4.39. The van der Waals surface area contributed by atoms with Crippen molar-refractivity contribution in [2.45, 2.75) is 19.3 Å². The monoisotopic (exact) mass is 244 g/mol. The van der Waals surface area contributed by atoms with E-state index in [1.165, 1.54) is 24.9 Å². The van der Waals surface area contributed by atoms with E-state index in [-0.39, 0.29) is 0 Å². The Labute approximate surface area is 108 Å². The standard InChI is InChI=1S/C15H20N2O/c18-10-13-2-4-14(5-3-13)17-9-1-6-15(12-17)7-8-16-11-15/h2-5,10,16H,1,6-9,11-12H2. The van der Waals surface area contributed by atoms with E-state index < -0.39 is 0 Å². The second-order valence-electron chi connectivity index (χ2n) is 5.66. The van der Waals surface area contributed by atoms with E-state index in [0.29, 0.717) is 5.41 Å². The Morgan fingerprint density at radius 3 is 2.72 bits per heavy atom. The van der Waals surface area contributed by atoms with Crippen LogP contribution in [0, 0.1) is 5.41 Å². The van der Waals surface area contributed by atoms with Crippen LogP contribution in [0.4, 0.5) is 5.69 Å². The number of anilines is 1. The molecule has 2 heterocycles. The summed E-state index contributed by atoms with van der Waals surface area (Å²) in [6, 6.07) is 7.98. The van der Waals surface area contributed by atoms with Crippen LogP contribution in [0.1, 0.15) is 29.6 Å². The van der Waals surface area contributed by atoms with Crippen molar-refractivity contribution in [2.24, 2.45) is 5.41 Å². The van der Waals surface area contributed by atoms with Crippen molar-refractivity contribution in [1.29, 1.82) is 0 Å². The second-order valence-corrected chi connectivity index (χ2v) is 5.66. The fourth-order valence-corrected chi connectivity index (χ4v) is 3.34. The van der Waals surface area contributed by atoms with Crippen molar-refractivity contribution < 1.29 is 4.79 Å². The maximum atomic E-state index is 10.7. The van der Waals surface area contributed by atoms with Gasteiger partial charge in [-0.15, -0.1) is 0 Å². The Kier molecular flexibility index (Phi) is 3.08. The molecule has 0 amide bonds. The Bertz CT molecular complexity index is 421. The minimum Gasteiger partial charge on any atom is -0.371 e. The SMILES string of the molecule is O=Cc1ccc(N2CCCC3(CCNC3)C2)cc1. The highest BCUT2D eigenvalue weighted by Gasteiger charge is 2.37. The molecule has 3 rings (SSSR count). The van der Waals surface area contributed by atoms with Crippen molar-refractivity contribution in [2.75, 3.05) is 31.1 Å². The van der Waals surface area contributed by atoms with Crippen molar-refractivity contribution in [3.8, 4) is 0 Å². The number of carbonyl (C=O) groups excluding carboxylic acids is 1. The Morgan fingerprint density at radius 2 is 2.06 bits per heavy atom. The fraction of sp³-hybridized carbons (Fsp3) is 0.533. The van der Waals surface area contributed by atoms with E-state index in [4.69, 9.17) is 0 Å². The lowest BCUT2D eigenvalue weighted by Crippen LogP contribution is -2.44.